The monoisotopic (exact) mass is 317 g/mol. The van der Waals surface area contributed by atoms with Gasteiger partial charge in [0.1, 0.15) is 0 Å². The van der Waals surface area contributed by atoms with E-state index in [1.807, 2.05) is 6.07 Å². The van der Waals surface area contributed by atoms with Gasteiger partial charge in [0, 0.05) is 19.4 Å². The van der Waals surface area contributed by atoms with Gasteiger partial charge in [0.2, 0.25) is 5.91 Å². The van der Waals surface area contributed by atoms with Gasteiger partial charge in [-0.1, -0.05) is 29.3 Å². The molecule has 1 aromatic carbocycles. The van der Waals surface area contributed by atoms with E-state index in [2.05, 4.69) is 5.32 Å². The lowest BCUT2D eigenvalue weighted by Crippen LogP contribution is -2.24. The van der Waals surface area contributed by atoms with Gasteiger partial charge >= 0.3 is 5.97 Å². The predicted octanol–water partition coefficient (Wildman–Crippen LogP) is 3.30. The van der Waals surface area contributed by atoms with E-state index < -0.39 is 5.97 Å². The summed E-state index contributed by atoms with van der Waals surface area (Å²) in [6, 6.07) is 5.43. The lowest BCUT2D eigenvalue weighted by molar-refractivity contribution is -0.137. The first-order chi connectivity index (χ1) is 9.49. The fourth-order valence-electron chi connectivity index (χ4n) is 1.70. The maximum absolute atomic E-state index is 11.5. The van der Waals surface area contributed by atoms with Gasteiger partial charge in [-0.3, -0.25) is 9.59 Å². The molecule has 0 unspecified atom stereocenters. The number of benzene rings is 1. The molecule has 0 aromatic heterocycles. The summed E-state index contributed by atoms with van der Waals surface area (Å²) in [4.78, 5) is 21.8. The van der Waals surface area contributed by atoms with Gasteiger partial charge in [-0.15, -0.1) is 0 Å². The maximum Gasteiger partial charge on any atom is 0.303 e. The highest BCUT2D eigenvalue weighted by Gasteiger charge is 2.04. The van der Waals surface area contributed by atoms with Crippen LogP contribution in [0.3, 0.4) is 0 Å². The first-order valence-electron chi connectivity index (χ1n) is 6.41. The van der Waals surface area contributed by atoms with Crippen molar-refractivity contribution < 1.29 is 14.7 Å². The molecule has 0 aliphatic carbocycles. The van der Waals surface area contributed by atoms with Gasteiger partial charge in [0.25, 0.3) is 0 Å². The smallest absolute Gasteiger partial charge is 0.303 e. The van der Waals surface area contributed by atoms with E-state index in [0.29, 0.717) is 35.9 Å². The zero-order chi connectivity index (χ0) is 15.0. The Kier molecular flexibility index (Phi) is 7.41. The first-order valence-corrected chi connectivity index (χ1v) is 7.17. The average molecular weight is 318 g/mol. The Bertz CT molecular complexity index is 477. The molecular formula is C14H17Cl2NO3. The number of rotatable bonds is 8. The summed E-state index contributed by atoms with van der Waals surface area (Å²) in [6.45, 7) is 0.401. The average Bonchev–Trinajstić information content (AvgIpc) is 2.39. The van der Waals surface area contributed by atoms with Crippen LogP contribution < -0.4 is 5.32 Å². The molecule has 1 amide bonds. The summed E-state index contributed by atoms with van der Waals surface area (Å²) >= 11 is 11.7. The lowest BCUT2D eigenvalue weighted by atomic mass is 10.1. The number of aliphatic carboxylic acids is 1. The Morgan fingerprint density at radius 3 is 2.50 bits per heavy atom. The molecule has 0 saturated carbocycles. The molecule has 2 N–H and O–H groups in total. The number of hydrogen-bond donors (Lipinski definition) is 2. The van der Waals surface area contributed by atoms with E-state index in [4.69, 9.17) is 28.3 Å². The topological polar surface area (TPSA) is 66.4 Å². The third-order valence-electron chi connectivity index (χ3n) is 2.74. The third-order valence-corrected chi connectivity index (χ3v) is 3.48. The van der Waals surface area contributed by atoms with Crippen LogP contribution in [0.25, 0.3) is 0 Å². The van der Waals surface area contributed by atoms with Gasteiger partial charge in [-0.05, 0) is 37.0 Å². The molecule has 0 heterocycles. The quantitative estimate of drug-likeness (QED) is 0.723. The number of carbonyl (C=O) groups is 2. The molecule has 0 saturated heterocycles. The van der Waals surface area contributed by atoms with Gasteiger partial charge in [-0.25, -0.2) is 0 Å². The van der Waals surface area contributed by atoms with E-state index in [-0.39, 0.29) is 12.3 Å². The molecule has 0 radical (unpaired) electrons. The minimum absolute atomic E-state index is 0.0598. The van der Waals surface area contributed by atoms with Crippen molar-refractivity contribution in [1.29, 1.82) is 0 Å². The van der Waals surface area contributed by atoms with E-state index in [1.54, 1.807) is 12.1 Å². The summed E-state index contributed by atoms with van der Waals surface area (Å²) in [5, 5.41) is 12.2. The van der Waals surface area contributed by atoms with Crippen LogP contribution in [0.2, 0.25) is 10.0 Å². The molecule has 110 valence electrons. The van der Waals surface area contributed by atoms with Crippen molar-refractivity contribution in [1.82, 2.24) is 5.32 Å². The molecule has 4 nitrogen and oxygen atoms in total. The van der Waals surface area contributed by atoms with Gasteiger partial charge in [0.05, 0.1) is 10.0 Å². The van der Waals surface area contributed by atoms with Crippen molar-refractivity contribution in [2.75, 3.05) is 6.54 Å². The van der Waals surface area contributed by atoms with Gasteiger partial charge in [-0.2, -0.15) is 0 Å². The zero-order valence-corrected chi connectivity index (χ0v) is 12.5. The van der Waals surface area contributed by atoms with Crippen LogP contribution in [0.15, 0.2) is 18.2 Å². The van der Waals surface area contributed by atoms with Crippen molar-refractivity contribution in [2.45, 2.75) is 32.1 Å². The Hall–Kier alpha value is -1.26. The van der Waals surface area contributed by atoms with Gasteiger partial charge < -0.3 is 10.4 Å². The van der Waals surface area contributed by atoms with Crippen molar-refractivity contribution in [3.05, 3.63) is 33.8 Å². The van der Waals surface area contributed by atoms with Crippen molar-refractivity contribution in [3.8, 4) is 0 Å². The number of carbonyl (C=O) groups excluding carboxylic acids is 1. The van der Waals surface area contributed by atoms with Crippen molar-refractivity contribution in [3.63, 3.8) is 0 Å². The summed E-state index contributed by atoms with van der Waals surface area (Å²) in [7, 11) is 0. The highest BCUT2D eigenvalue weighted by molar-refractivity contribution is 6.42. The Labute approximate surface area is 128 Å². The van der Waals surface area contributed by atoms with E-state index >= 15 is 0 Å². The second-order valence-corrected chi connectivity index (χ2v) is 5.26. The lowest BCUT2D eigenvalue weighted by Gasteiger charge is -2.05. The molecule has 1 aromatic rings. The van der Waals surface area contributed by atoms with Crippen LogP contribution in [0.1, 0.15) is 31.2 Å². The Balaban J connectivity index is 2.18. The molecular weight excluding hydrogens is 301 g/mol. The molecule has 0 aliphatic heterocycles. The zero-order valence-electron chi connectivity index (χ0n) is 11.0. The number of carboxylic acid groups (broad SMARTS) is 1. The SMILES string of the molecule is O=C(O)CCCNC(=O)CCCc1ccc(Cl)c(Cl)c1. The van der Waals surface area contributed by atoms with Crippen LogP contribution in [0.4, 0.5) is 0 Å². The van der Waals surface area contributed by atoms with Crippen LogP contribution >= 0.6 is 23.2 Å². The fourth-order valence-corrected chi connectivity index (χ4v) is 2.02. The molecule has 0 atom stereocenters. The molecule has 0 fully saturated rings. The first kappa shape index (κ1) is 16.8. The van der Waals surface area contributed by atoms with Crippen molar-refractivity contribution >= 4 is 35.1 Å². The third kappa shape index (κ3) is 6.78. The van der Waals surface area contributed by atoms with Gasteiger partial charge in [0.15, 0.2) is 0 Å². The predicted molar refractivity (Wildman–Crippen MR) is 79.3 cm³/mol. The standard InChI is InChI=1S/C14H17Cl2NO3/c15-11-7-6-10(9-12(11)16)3-1-4-13(18)17-8-2-5-14(19)20/h6-7,9H,1-5,8H2,(H,17,18)(H,19,20). The second-order valence-electron chi connectivity index (χ2n) is 4.45. The van der Waals surface area contributed by atoms with E-state index in [9.17, 15) is 9.59 Å². The maximum atomic E-state index is 11.5. The van der Waals surface area contributed by atoms with Crippen molar-refractivity contribution in [2.24, 2.45) is 0 Å². The minimum Gasteiger partial charge on any atom is -0.481 e. The van der Waals surface area contributed by atoms with Crippen LogP contribution in [0.5, 0.6) is 0 Å². The molecule has 20 heavy (non-hydrogen) atoms. The van der Waals surface area contributed by atoms with Crippen LogP contribution in [0, 0.1) is 0 Å². The second kappa shape index (κ2) is 8.82. The molecule has 1 rings (SSSR count). The summed E-state index contributed by atoms with van der Waals surface area (Å²) in [6.07, 6.45) is 2.40. The number of nitrogens with one attached hydrogen (secondary N) is 1. The molecule has 0 bridgehead atoms. The number of amides is 1. The highest BCUT2D eigenvalue weighted by atomic mass is 35.5. The Morgan fingerprint density at radius 1 is 1.10 bits per heavy atom. The van der Waals surface area contributed by atoms with E-state index in [0.717, 1.165) is 12.0 Å². The fraction of sp³-hybridized carbons (Fsp3) is 0.429. The molecule has 6 heteroatoms. The number of aryl methyl sites for hydroxylation is 1. The number of hydrogen-bond acceptors (Lipinski definition) is 2. The number of halogens is 2. The Morgan fingerprint density at radius 2 is 1.85 bits per heavy atom. The normalized spacial score (nSPS) is 10.3. The molecule has 0 aliphatic rings. The van der Waals surface area contributed by atoms with Crippen LogP contribution in [-0.2, 0) is 16.0 Å². The largest absolute Gasteiger partial charge is 0.481 e. The number of carboxylic acids is 1. The summed E-state index contributed by atoms with van der Waals surface area (Å²) in [5.74, 6) is -0.908. The summed E-state index contributed by atoms with van der Waals surface area (Å²) in [5.41, 5.74) is 1.04. The van der Waals surface area contributed by atoms with E-state index in [1.165, 1.54) is 0 Å². The molecule has 0 spiro atoms. The minimum atomic E-state index is -0.848. The van der Waals surface area contributed by atoms with Crippen LogP contribution in [-0.4, -0.2) is 23.5 Å². The summed E-state index contributed by atoms with van der Waals surface area (Å²) < 4.78 is 0. The highest BCUT2D eigenvalue weighted by Crippen LogP contribution is 2.23.